The van der Waals surface area contributed by atoms with E-state index in [-0.39, 0.29) is 16.2 Å². The van der Waals surface area contributed by atoms with Crippen LogP contribution in [0.25, 0.3) is 0 Å². The molecule has 2 rings (SSSR count). The molecule has 1 N–H and O–H groups in total. The van der Waals surface area contributed by atoms with Gasteiger partial charge >= 0.3 is 11.9 Å². The molecule has 1 atom stereocenters. The Morgan fingerprint density at radius 2 is 1.61 bits per heavy atom. The highest BCUT2D eigenvalue weighted by atomic mass is 35.5. The smallest absolute Gasteiger partial charge is 0.339 e. The first kappa shape index (κ1) is 22.3. The van der Waals surface area contributed by atoms with Crippen LogP contribution in [0.2, 0.25) is 10.0 Å². The zero-order chi connectivity index (χ0) is 21.2. The van der Waals surface area contributed by atoms with Gasteiger partial charge in [-0.05, 0) is 25.5 Å². The summed E-state index contributed by atoms with van der Waals surface area (Å²) in [5.74, 6) is -3.21. The lowest BCUT2D eigenvalue weighted by Crippen LogP contribution is -2.36. The van der Waals surface area contributed by atoms with E-state index < -0.39 is 23.6 Å². The third kappa shape index (κ3) is 4.35. The monoisotopic (exact) mass is 427 g/mol. The molecule has 0 bridgehead atoms. The van der Waals surface area contributed by atoms with Crippen molar-refractivity contribution in [2.75, 3.05) is 14.2 Å². The number of carbonyl (C=O) groups is 2. The van der Waals surface area contributed by atoms with Gasteiger partial charge in [-0.15, -0.1) is 0 Å². The van der Waals surface area contributed by atoms with Crippen LogP contribution in [0.15, 0.2) is 40.7 Å². The fourth-order valence-electron chi connectivity index (χ4n) is 3.02. The molecule has 0 fully saturated rings. The topological polar surface area (TPSA) is 73.9 Å². The molecule has 1 aliphatic heterocycles. The highest BCUT2D eigenvalue weighted by Crippen LogP contribution is 2.43. The molecule has 6 nitrogen and oxygen atoms in total. The Balaban J connectivity index is 2.70. The number of hydrogen-bond donors (Lipinski definition) is 1. The number of methoxy groups -OCH3 is 2. The van der Waals surface area contributed by atoms with Crippen LogP contribution in [-0.2, 0) is 23.8 Å². The molecule has 1 unspecified atom stereocenters. The van der Waals surface area contributed by atoms with Crippen molar-refractivity contribution in [3.63, 3.8) is 0 Å². The molecule has 0 radical (unpaired) electrons. The van der Waals surface area contributed by atoms with Gasteiger partial charge in [0.05, 0.1) is 34.2 Å². The predicted octanol–water partition coefficient (Wildman–Crippen LogP) is 4.33. The molecule has 0 spiro atoms. The van der Waals surface area contributed by atoms with E-state index in [2.05, 4.69) is 5.32 Å². The van der Waals surface area contributed by atoms with Gasteiger partial charge < -0.3 is 19.5 Å². The molecule has 152 valence electrons. The van der Waals surface area contributed by atoms with Gasteiger partial charge in [0.1, 0.15) is 0 Å². The molecular weight excluding hydrogens is 405 g/mol. The van der Waals surface area contributed by atoms with Crippen LogP contribution in [0.1, 0.15) is 39.2 Å². The number of benzene rings is 1. The second-order valence-electron chi connectivity index (χ2n) is 6.76. The lowest BCUT2D eigenvalue weighted by molar-refractivity contribution is -0.202. The number of nitrogens with one attached hydrogen (secondary N) is 1. The summed E-state index contributed by atoms with van der Waals surface area (Å²) >= 11 is 12.6. The number of allylic oxidation sites excluding steroid dienone is 2. The first-order valence-corrected chi connectivity index (χ1v) is 9.29. The summed E-state index contributed by atoms with van der Waals surface area (Å²) in [5.41, 5.74) is 2.05. The van der Waals surface area contributed by atoms with Crippen molar-refractivity contribution in [3.8, 4) is 0 Å². The van der Waals surface area contributed by atoms with Crippen molar-refractivity contribution in [1.29, 1.82) is 0 Å². The van der Waals surface area contributed by atoms with Crippen LogP contribution in [0.4, 0.5) is 0 Å². The van der Waals surface area contributed by atoms with Crippen LogP contribution in [-0.4, -0.2) is 31.9 Å². The Labute approximate surface area is 174 Å². The second kappa shape index (κ2) is 8.55. The molecule has 28 heavy (non-hydrogen) atoms. The summed E-state index contributed by atoms with van der Waals surface area (Å²) in [6.45, 7) is 6.67. The minimum atomic E-state index is -1.16. The summed E-state index contributed by atoms with van der Waals surface area (Å²) in [5, 5.41) is 3.61. The average molecular weight is 428 g/mol. The lowest BCUT2D eigenvalue weighted by Gasteiger charge is -2.32. The van der Waals surface area contributed by atoms with Gasteiger partial charge in [0.15, 0.2) is 0 Å². The van der Waals surface area contributed by atoms with Gasteiger partial charge in [-0.25, -0.2) is 9.59 Å². The van der Waals surface area contributed by atoms with Gasteiger partial charge in [-0.3, -0.25) is 0 Å². The Morgan fingerprint density at radius 1 is 1.04 bits per heavy atom. The molecule has 0 aliphatic carbocycles. The number of esters is 2. The summed E-state index contributed by atoms with van der Waals surface area (Å²) in [6.07, 6.45) is 0. The molecule has 1 aliphatic rings. The van der Waals surface area contributed by atoms with Gasteiger partial charge in [-0.1, -0.05) is 35.3 Å². The summed E-state index contributed by atoms with van der Waals surface area (Å²) < 4.78 is 15.7. The van der Waals surface area contributed by atoms with Crippen molar-refractivity contribution < 1.29 is 23.8 Å². The van der Waals surface area contributed by atoms with Crippen LogP contribution >= 0.6 is 23.2 Å². The van der Waals surface area contributed by atoms with E-state index >= 15 is 0 Å². The van der Waals surface area contributed by atoms with Crippen molar-refractivity contribution in [2.24, 2.45) is 0 Å². The van der Waals surface area contributed by atoms with E-state index in [0.717, 1.165) is 0 Å². The molecule has 1 aromatic rings. The molecule has 1 heterocycles. The van der Waals surface area contributed by atoms with Gasteiger partial charge in [0.2, 0.25) is 5.79 Å². The quantitative estimate of drug-likeness (QED) is 0.556. The summed E-state index contributed by atoms with van der Waals surface area (Å²) in [4.78, 5) is 25.7. The van der Waals surface area contributed by atoms with Crippen molar-refractivity contribution in [2.45, 2.75) is 39.4 Å². The molecule has 0 saturated heterocycles. The highest BCUT2D eigenvalue weighted by Gasteiger charge is 2.40. The Bertz CT molecular complexity index is 873. The number of rotatable bonds is 5. The van der Waals surface area contributed by atoms with Crippen LogP contribution in [0, 0.1) is 0 Å². The molecule has 0 amide bonds. The first-order valence-electron chi connectivity index (χ1n) is 8.53. The van der Waals surface area contributed by atoms with Crippen molar-refractivity contribution in [1.82, 2.24) is 5.32 Å². The standard InChI is InChI=1S/C20H23Cl2NO5/c1-10-14(18(24)26-5)16(12-8-7-9-13(21)17(12)22)15(11(2)23-10)19(25)28-20(3,4)27-6/h7-9,16,23H,1-6H3. The normalized spacial score (nSPS) is 17.4. The predicted molar refractivity (Wildman–Crippen MR) is 107 cm³/mol. The van der Waals surface area contributed by atoms with E-state index in [1.165, 1.54) is 14.2 Å². The van der Waals surface area contributed by atoms with Crippen molar-refractivity contribution in [3.05, 3.63) is 56.3 Å². The first-order chi connectivity index (χ1) is 13.0. The minimum Gasteiger partial charge on any atom is -0.466 e. The molecule has 8 heteroatoms. The third-order valence-electron chi connectivity index (χ3n) is 4.51. The fourth-order valence-corrected chi connectivity index (χ4v) is 3.44. The van der Waals surface area contributed by atoms with Crippen LogP contribution in [0.3, 0.4) is 0 Å². The summed E-state index contributed by atoms with van der Waals surface area (Å²) in [7, 11) is 2.71. The van der Waals surface area contributed by atoms with E-state index in [0.29, 0.717) is 22.0 Å². The van der Waals surface area contributed by atoms with E-state index in [1.54, 1.807) is 45.9 Å². The molecule has 1 aromatic carbocycles. The zero-order valence-corrected chi connectivity index (χ0v) is 18.1. The largest absolute Gasteiger partial charge is 0.466 e. The molecule has 0 aromatic heterocycles. The maximum Gasteiger partial charge on any atom is 0.339 e. The zero-order valence-electron chi connectivity index (χ0n) is 16.6. The average Bonchev–Trinajstić information content (AvgIpc) is 2.62. The SMILES string of the molecule is COC(=O)C1=C(C)NC(C)=C(C(=O)OC(C)(C)OC)C1c1cccc(Cl)c1Cl. The number of carbonyl (C=O) groups excluding carboxylic acids is 2. The maximum absolute atomic E-state index is 13.1. The van der Waals surface area contributed by atoms with Gasteiger partial charge in [0.25, 0.3) is 0 Å². The second-order valence-corrected chi connectivity index (χ2v) is 7.55. The van der Waals surface area contributed by atoms with Gasteiger partial charge in [0, 0.05) is 32.4 Å². The summed E-state index contributed by atoms with van der Waals surface area (Å²) in [6, 6.07) is 5.04. The number of hydrogen-bond acceptors (Lipinski definition) is 6. The van der Waals surface area contributed by atoms with Crippen LogP contribution in [0.5, 0.6) is 0 Å². The molecular formula is C20H23Cl2NO5. The van der Waals surface area contributed by atoms with Crippen LogP contribution < -0.4 is 5.32 Å². The molecule has 0 saturated carbocycles. The van der Waals surface area contributed by atoms with E-state index in [1.807, 2.05) is 0 Å². The minimum absolute atomic E-state index is 0.222. The van der Waals surface area contributed by atoms with Crippen molar-refractivity contribution >= 4 is 35.1 Å². The highest BCUT2D eigenvalue weighted by molar-refractivity contribution is 6.42. The lowest BCUT2D eigenvalue weighted by atomic mass is 9.80. The Morgan fingerprint density at radius 3 is 2.14 bits per heavy atom. The Kier molecular flexibility index (Phi) is 6.80. The number of ether oxygens (including phenoxy) is 3. The maximum atomic E-state index is 13.1. The number of dihydropyridines is 1. The van der Waals surface area contributed by atoms with Gasteiger partial charge in [-0.2, -0.15) is 0 Å². The number of halogens is 2. The van der Waals surface area contributed by atoms with E-state index in [4.69, 9.17) is 37.4 Å². The Hall–Kier alpha value is -2.02. The third-order valence-corrected chi connectivity index (χ3v) is 5.34. The fraction of sp³-hybridized carbons (Fsp3) is 0.400. The van der Waals surface area contributed by atoms with E-state index in [9.17, 15) is 9.59 Å².